The van der Waals surface area contributed by atoms with Crippen LogP contribution in [0, 0.1) is 0 Å². The van der Waals surface area contributed by atoms with Gasteiger partial charge >= 0.3 is 6.03 Å². The number of aliphatic hydroxyl groups excluding tert-OH is 1. The predicted molar refractivity (Wildman–Crippen MR) is 102 cm³/mol. The van der Waals surface area contributed by atoms with Crippen molar-refractivity contribution in [2.45, 2.75) is 63.1 Å². The van der Waals surface area contributed by atoms with Gasteiger partial charge in [0, 0.05) is 24.7 Å². The Kier molecular flexibility index (Phi) is 6.55. The highest BCUT2D eigenvalue weighted by Gasteiger charge is 2.30. The van der Waals surface area contributed by atoms with Gasteiger partial charge in [-0.3, -0.25) is 4.79 Å². The Hall–Kier alpha value is -2.28. The fourth-order valence-corrected chi connectivity index (χ4v) is 3.85. The van der Waals surface area contributed by atoms with Gasteiger partial charge in [0.2, 0.25) is 0 Å². The fourth-order valence-electron chi connectivity index (χ4n) is 3.85. The molecule has 148 valence electrons. The number of aromatic hydroxyl groups is 1. The van der Waals surface area contributed by atoms with Crippen LogP contribution in [0.1, 0.15) is 55.3 Å². The Morgan fingerprint density at radius 1 is 0.963 bits per heavy atom. The third kappa shape index (κ3) is 5.35. The van der Waals surface area contributed by atoms with Crippen LogP contribution in [0.3, 0.4) is 0 Å². The lowest BCUT2D eigenvalue weighted by atomic mass is 9.96. The van der Waals surface area contributed by atoms with E-state index in [1.165, 1.54) is 30.7 Å². The molecule has 2 fully saturated rings. The van der Waals surface area contributed by atoms with Crippen molar-refractivity contribution in [2.24, 2.45) is 0 Å². The third-order valence-electron chi connectivity index (χ3n) is 5.48. The smallest absolute Gasteiger partial charge is 0.317 e. The molecule has 7 heteroatoms. The Labute approximate surface area is 159 Å². The van der Waals surface area contributed by atoms with E-state index in [0.29, 0.717) is 24.9 Å². The van der Waals surface area contributed by atoms with Gasteiger partial charge in [-0.2, -0.15) is 0 Å². The molecule has 7 nitrogen and oxygen atoms in total. The normalized spacial score (nSPS) is 24.1. The number of likely N-dealkylation sites (tertiary alicyclic amines) is 1. The molecule has 1 aliphatic heterocycles. The highest BCUT2D eigenvalue weighted by Crippen LogP contribution is 2.19. The van der Waals surface area contributed by atoms with Crippen LogP contribution in [-0.4, -0.2) is 58.3 Å². The molecule has 27 heavy (non-hydrogen) atoms. The van der Waals surface area contributed by atoms with Crippen molar-refractivity contribution in [1.82, 2.24) is 15.5 Å². The summed E-state index contributed by atoms with van der Waals surface area (Å²) in [6.07, 6.45) is 6.10. The highest BCUT2D eigenvalue weighted by molar-refractivity contribution is 5.94. The Bertz CT molecular complexity index is 643. The van der Waals surface area contributed by atoms with Crippen LogP contribution in [0.4, 0.5) is 4.79 Å². The zero-order chi connectivity index (χ0) is 19.2. The molecule has 3 amide bonds. The summed E-state index contributed by atoms with van der Waals surface area (Å²) in [6, 6.07) is 5.54. The summed E-state index contributed by atoms with van der Waals surface area (Å²) in [5.41, 5.74) is 0.405. The van der Waals surface area contributed by atoms with Gasteiger partial charge in [-0.05, 0) is 49.9 Å². The van der Waals surface area contributed by atoms with E-state index in [9.17, 15) is 19.8 Å². The number of amides is 3. The molecule has 1 aromatic carbocycles. The molecular weight excluding hydrogens is 346 g/mol. The van der Waals surface area contributed by atoms with Crippen LogP contribution in [0.5, 0.6) is 5.75 Å². The van der Waals surface area contributed by atoms with E-state index in [1.54, 1.807) is 4.90 Å². The number of benzene rings is 1. The predicted octanol–water partition coefficient (Wildman–Crippen LogP) is 1.99. The van der Waals surface area contributed by atoms with Gasteiger partial charge in [0.15, 0.2) is 0 Å². The second-order valence-electron chi connectivity index (χ2n) is 7.57. The van der Waals surface area contributed by atoms with Gasteiger partial charge in [0.05, 0.1) is 12.1 Å². The molecule has 4 N–H and O–H groups in total. The molecule has 0 bridgehead atoms. The van der Waals surface area contributed by atoms with Crippen molar-refractivity contribution in [2.75, 3.05) is 13.1 Å². The average molecular weight is 375 g/mol. The topological polar surface area (TPSA) is 102 Å². The number of rotatable bonds is 3. The zero-order valence-electron chi connectivity index (χ0n) is 15.6. The van der Waals surface area contributed by atoms with Crippen molar-refractivity contribution in [3.63, 3.8) is 0 Å². The summed E-state index contributed by atoms with van der Waals surface area (Å²) in [6.45, 7) is 0.852. The quantitative estimate of drug-likeness (QED) is 0.649. The van der Waals surface area contributed by atoms with Gasteiger partial charge < -0.3 is 25.7 Å². The fraction of sp³-hybridized carbons (Fsp3) is 0.600. The minimum atomic E-state index is -0.696. The highest BCUT2D eigenvalue weighted by atomic mass is 16.3. The molecule has 1 aromatic rings. The number of carbonyl (C=O) groups excluding carboxylic acids is 2. The summed E-state index contributed by atoms with van der Waals surface area (Å²) >= 11 is 0. The summed E-state index contributed by atoms with van der Waals surface area (Å²) in [7, 11) is 0. The number of aliphatic hydroxyl groups is 1. The van der Waals surface area contributed by atoms with Gasteiger partial charge in [0.25, 0.3) is 5.91 Å². The van der Waals surface area contributed by atoms with E-state index in [2.05, 4.69) is 10.6 Å². The van der Waals surface area contributed by atoms with Crippen molar-refractivity contribution >= 4 is 11.9 Å². The van der Waals surface area contributed by atoms with E-state index in [1.807, 2.05) is 0 Å². The molecule has 0 radical (unpaired) electrons. The molecule has 1 heterocycles. The molecule has 1 saturated heterocycles. The Morgan fingerprint density at radius 3 is 2.37 bits per heavy atom. The summed E-state index contributed by atoms with van der Waals surface area (Å²) in [5, 5.41) is 25.7. The second kappa shape index (κ2) is 9.08. The summed E-state index contributed by atoms with van der Waals surface area (Å²) in [5.74, 6) is -0.236. The zero-order valence-corrected chi connectivity index (χ0v) is 15.6. The van der Waals surface area contributed by atoms with Crippen molar-refractivity contribution < 1.29 is 19.8 Å². The van der Waals surface area contributed by atoms with Gasteiger partial charge in [-0.15, -0.1) is 0 Å². The van der Waals surface area contributed by atoms with Gasteiger partial charge in [0.1, 0.15) is 5.75 Å². The summed E-state index contributed by atoms with van der Waals surface area (Å²) < 4.78 is 0. The van der Waals surface area contributed by atoms with Gasteiger partial charge in [-0.1, -0.05) is 19.3 Å². The molecule has 3 rings (SSSR count). The maximum atomic E-state index is 12.7. The number of hydrogen-bond donors (Lipinski definition) is 4. The molecule has 1 aliphatic carbocycles. The maximum absolute atomic E-state index is 12.7. The number of nitrogens with zero attached hydrogens (tertiary/aromatic N) is 1. The molecule has 0 unspecified atom stereocenters. The van der Waals surface area contributed by atoms with E-state index in [0.717, 1.165) is 25.7 Å². The lowest BCUT2D eigenvalue weighted by Crippen LogP contribution is -2.53. The second-order valence-corrected chi connectivity index (χ2v) is 7.57. The van der Waals surface area contributed by atoms with Crippen LogP contribution >= 0.6 is 0 Å². The number of carbonyl (C=O) groups is 2. The minimum Gasteiger partial charge on any atom is -0.508 e. The van der Waals surface area contributed by atoms with E-state index in [-0.39, 0.29) is 30.3 Å². The van der Waals surface area contributed by atoms with Crippen LogP contribution in [0.15, 0.2) is 24.3 Å². The molecule has 1 saturated carbocycles. The number of urea groups is 1. The molecule has 2 aliphatic rings. The number of nitrogens with one attached hydrogen (secondary N) is 2. The lowest BCUT2D eigenvalue weighted by Gasteiger charge is -2.30. The van der Waals surface area contributed by atoms with E-state index in [4.69, 9.17) is 0 Å². The first-order valence-corrected chi connectivity index (χ1v) is 9.86. The Morgan fingerprint density at radius 2 is 1.67 bits per heavy atom. The molecule has 2 atom stereocenters. The summed E-state index contributed by atoms with van der Waals surface area (Å²) in [4.78, 5) is 26.8. The van der Waals surface area contributed by atoms with Crippen LogP contribution in [0.2, 0.25) is 0 Å². The number of hydrogen-bond acceptors (Lipinski definition) is 4. The van der Waals surface area contributed by atoms with Crippen molar-refractivity contribution in [3.8, 4) is 5.75 Å². The van der Waals surface area contributed by atoms with Crippen LogP contribution in [0.25, 0.3) is 0 Å². The SMILES string of the molecule is O=C(N[C@H]1CN(C(=O)NC2CCCCC2)CCC[C@H]1O)c1ccc(O)cc1. The largest absolute Gasteiger partial charge is 0.508 e. The first kappa shape index (κ1) is 19.5. The van der Waals surface area contributed by atoms with Gasteiger partial charge in [-0.25, -0.2) is 4.79 Å². The molecule has 0 spiro atoms. The monoisotopic (exact) mass is 375 g/mol. The van der Waals surface area contributed by atoms with E-state index < -0.39 is 12.1 Å². The lowest BCUT2D eigenvalue weighted by molar-refractivity contribution is 0.0808. The average Bonchev–Trinajstić information content (AvgIpc) is 2.85. The molecular formula is C20H29N3O4. The van der Waals surface area contributed by atoms with Crippen LogP contribution in [-0.2, 0) is 0 Å². The number of phenols is 1. The third-order valence-corrected chi connectivity index (χ3v) is 5.48. The van der Waals surface area contributed by atoms with E-state index >= 15 is 0 Å². The van der Waals surface area contributed by atoms with Crippen molar-refractivity contribution in [1.29, 1.82) is 0 Å². The maximum Gasteiger partial charge on any atom is 0.317 e. The number of phenolic OH excluding ortho intramolecular Hbond substituents is 1. The van der Waals surface area contributed by atoms with Crippen molar-refractivity contribution in [3.05, 3.63) is 29.8 Å². The standard InChI is InChI=1S/C20H29N3O4/c24-16-10-8-14(9-11-16)19(26)22-17-13-23(12-4-7-18(17)25)20(27)21-15-5-2-1-3-6-15/h8-11,15,17-18,24-25H,1-7,12-13H2,(H,21,27)(H,22,26)/t17-,18+/m0/s1. The minimum absolute atomic E-state index is 0.0895. The molecule has 0 aromatic heterocycles. The van der Waals surface area contributed by atoms with Crippen LogP contribution < -0.4 is 10.6 Å². The first-order chi connectivity index (χ1) is 13.0. The first-order valence-electron chi connectivity index (χ1n) is 9.86. The Balaban J connectivity index is 1.60.